The lowest BCUT2D eigenvalue weighted by Gasteiger charge is -2.12. The van der Waals surface area contributed by atoms with Crippen molar-refractivity contribution in [3.63, 3.8) is 0 Å². The van der Waals surface area contributed by atoms with Gasteiger partial charge in [-0.3, -0.25) is 0 Å². The number of carboxylic acids is 2. The molecule has 0 unspecified atom stereocenters. The van der Waals surface area contributed by atoms with Crippen molar-refractivity contribution >= 4 is 11.9 Å². The van der Waals surface area contributed by atoms with E-state index < -0.39 is 23.5 Å². The molecule has 0 atom stereocenters. The van der Waals surface area contributed by atoms with Gasteiger partial charge in [0.25, 0.3) is 11.5 Å². The van der Waals surface area contributed by atoms with Crippen LogP contribution in [0.3, 0.4) is 0 Å². The highest BCUT2D eigenvalue weighted by molar-refractivity contribution is 5.95. The molecule has 0 heterocycles. The maximum atomic E-state index is 10.9. The summed E-state index contributed by atoms with van der Waals surface area (Å²) in [6, 6.07) is 0. The van der Waals surface area contributed by atoms with Gasteiger partial charge >= 0.3 is 11.9 Å². The zero-order valence-electron chi connectivity index (χ0n) is 10.2. The van der Waals surface area contributed by atoms with E-state index >= 15 is 0 Å². The molecule has 0 aromatic carbocycles. The Hall–Kier alpha value is -1.72. The average molecular weight is 246 g/mol. The van der Waals surface area contributed by atoms with Crippen molar-refractivity contribution < 1.29 is 29.3 Å². The molecule has 0 aromatic heterocycles. The number of hydrogen-bond acceptors (Lipinski definition) is 4. The van der Waals surface area contributed by atoms with Gasteiger partial charge in [-0.05, 0) is 12.3 Å². The first-order valence-corrected chi connectivity index (χ1v) is 5.36. The van der Waals surface area contributed by atoms with Crippen LogP contribution in [0.4, 0.5) is 0 Å². The molecule has 0 aliphatic rings. The summed E-state index contributed by atoms with van der Waals surface area (Å²) in [7, 11) is 0. The van der Waals surface area contributed by atoms with Gasteiger partial charge < -0.3 is 19.7 Å². The zero-order chi connectivity index (χ0) is 13.4. The van der Waals surface area contributed by atoms with E-state index in [0.29, 0.717) is 6.42 Å². The first-order chi connectivity index (χ1) is 7.90. The average Bonchev–Trinajstić information content (AvgIpc) is 2.21. The van der Waals surface area contributed by atoms with Crippen LogP contribution < -0.4 is 0 Å². The number of aliphatic carboxylic acids is 2. The van der Waals surface area contributed by atoms with Gasteiger partial charge in [-0.15, -0.1) is 0 Å². The van der Waals surface area contributed by atoms with E-state index in [4.69, 9.17) is 19.7 Å². The molecule has 0 aromatic rings. The van der Waals surface area contributed by atoms with Gasteiger partial charge in [0.15, 0.2) is 0 Å². The van der Waals surface area contributed by atoms with Gasteiger partial charge in [0.1, 0.15) is 0 Å². The fourth-order valence-corrected chi connectivity index (χ4v) is 0.903. The molecule has 6 nitrogen and oxygen atoms in total. The summed E-state index contributed by atoms with van der Waals surface area (Å²) in [5, 5.41) is 17.7. The van der Waals surface area contributed by atoms with Gasteiger partial charge in [0.05, 0.1) is 13.2 Å². The van der Waals surface area contributed by atoms with E-state index in [1.54, 1.807) is 6.92 Å². The smallest absolute Gasteiger partial charge is 0.375 e. The number of carboxylic acid groups (broad SMARTS) is 2. The summed E-state index contributed by atoms with van der Waals surface area (Å²) < 4.78 is 9.84. The van der Waals surface area contributed by atoms with E-state index in [0.717, 1.165) is 0 Å². The molecule has 0 rings (SSSR count). The van der Waals surface area contributed by atoms with Crippen LogP contribution in [0.5, 0.6) is 0 Å². The molecule has 0 bridgehead atoms. The van der Waals surface area contributed by atoms with Crippen molar-refractivity contribution in [3.05, 3.63) is 11.5 Å². The van der Waals surface area contributed by atoms with Crippen molar-refractivity contribution in [2.45, 2.75) is 27.2 Å². The molecule has 98 valence electrons. The number of carbonyl (C=O) groups is 2. The standard InChI is InChI=1S/C11H18O6/c1-4-5-16-8(10(12)13)9(11(14)15)17-6-7(2)3/h7H,4-6H2,1-3H3,(H,12,13)(H,14,15)/b9-8-. The SMILES string of the molecule is CCCO/C(C(=O)O)=C(\OCC(C)C)C(=O)O. The van der Waals surface area contributed by atoms with E-state index in [1.807, 2.05) is 13.8 Å². The van der Waals surface area contributed by atoms with Crippen LogP contribution in [-0.2, 0) is 19.1 Å². The Bertz CT molecular complexity index is 305. The Balaban J connectivity index is 4.98. The maximum Gasteiger partial charge on any atom is 0.375 e. The maximum absolute atomic E-state index is 10.9. The van der Waals surface area contributed by atoms with Crippen molar-refractivity contribution in [1.82, 2.24) is 0 Å². The predicted octanol–water partition coefficient (Wildman–Crippen LogP) is 1.47. The highest BCUT2D eigenvalue weighted by Crippen LogP contribution is 2.11. The Morgan fingerprint density at radius 2 is 1.53 bits per heavy atom. The summed E-state index contributed by atoms with van der Waals surface area (Å²) in [5.41, 5.74) is 0. The summed E-state index contributed by atoms with van der Waals surface area (Å²) in [6.45, 7) is 5.69. The van der Waals surface area contributed by atoms with Crippen LogP contribution in [0.2, 0.25) is 0 Å². The summed E-state index contributed by atoms with van der Waals surface area (Å²) in [6.07, 6.45) is 0.577. The normalized spacial score (nSPS) is 12.0. The fourth-order valence-electron chi connectivity index (χ4n) is 0.903. The Kier molecular flexibility index (Phi) is 6.77. The highest BCUT2D eigenvalue weighted by Gasteiger charge is 2.24. The Labute approximate surface area is 99.8 Å². The molecule has 0 amide bonds. The van der Waals surface area contributed by atoms with E-state index in [2.05, 4.69) is 0 Å². The molecule has 0 saturated heterocycles. The summed E-state index contributed by atoms with van der Waals surface area (Å²) in [5.74, 6) is -4.11. The van der Waals surface area contributed by atoms with Gasteiger partial charge in [-0.2, -0.15) is 0 Å². The Morgan fingerprint density at radius 3 is 1.88 bits per heavy atom. The second-order valence-electron chi connectivity index (χ2n) is 3.82. The minimum atomic E-state index is -1.45. The van der Waals surface area contributed by atoms with Crippen LogP contribution >= 0.6 is 0 Å². The van der Waals surface area contributed by atoms with Crippen LogP contribution in [0.15, 0.2) is 11.5 Å². The van der Waals surface area contributed by atoms with Crippen molar-refractivity contribution in [3.8, 4) is 0 Å². The zero-order valence-corrected chi connectivity index (χ0v) is 10.2. The first kappa shape index (κ1) is 15.3. The number of ether oxygens (including phenoxy) is 2. The minimum absolute atomic E-state index is 0.0885. The van der Waals surface area contributed by atoms with E-state index in [1.165, 1.54) is 0 Å². The van der Waals surface area contributed by atoms with Crippen LogP contribution in [0, 0.1) is 5.92 Å². The lowest BCUT2D eigenvalue weighted by molar-refractivity contribution is -0.142. The monoisotopic (exact) mass is 246 g/mol. The van der Waals surface area contributed by atoms with Crippen molar-refractivity contribution in [1.29, 1.82) is 0 Å². The van der Waals surface area contributed by atoms with Crippen LogP contribution in [0.1, 0.15) is 27.2 Å². The molecule has 0 aliphatic carbocycles. The van der Waals surface area contributed by atoms with Gasteiger partial charge in [-0.25, -0.2) is 9.59 Å². The molecule has 2 N–H and O–H groups in total. The third-order valence-electron chi connectivity index (χ3n) is 1.61. The van der Waals surface area contributed by atoms with Gasteiger partial charge in [0, 0.05) is 0 Å². The van der Waals surface area contributed by atoms with E-state index in [-0.39, 0.29) is 19.1 Å². The topological polar surface area (TPSA) is 93.1 Å². The second-order valence-corrected chi connectivity index (χ2v) is 3.82. The molecule has 17 heavy (non-hydrogen) atoms. The van der Waals surface area contributed by atoms with Crippen LogP contribution in [-0.4, -0.2) is 35.4 Å². The number of hydrogen-bond donors (Lipinski definition) is 2. The molecule has 0 radical (unpaired) electrons. The van der Waals surface area contributed by atoms with Crippen molar-refractivity contribution in [2.24, 2.45) is 5.92 Å². The van der Waals surface area contributed by atoms with Gasteiger partial charge in [-0.1, -0.05) is 20.8 Å². The Morgan fingerprint density at radius 1 is 1.06 bits per heavy atom. The largest absolute Gasteiger partial charge is 0.484 e. The van der Waals surface area contributed by atoms with Crippen LogP contribution in [0.25, 0.3) is 0 Å². The number of rotatable bonds is 8. The fraction of sp³-hybridized carbons (Fsp3) is 0.636. The van der Waals surface area contributed by atoms with Crippen molar-refractivity contribution in [2.75, 3.05) is 13.2 Å². The summed E-state index contributed by atoms with van der Waals surface area (Å²) in [4.78, 5) is 21.8. The molecule has 0 fully saturated rings. The quantitative estimate of drug-likeness (QED) is 0.497. The molecular weight excluding hydrogens is 228 g/mol. The first-order valence-electron chi connectivity index (χ1n) is 5.36. The molecule has 6 heteroatoms. The lowest BCUT2D eigenvalue weighted by Crippen LogP contribution is -2.18. The predicted molar refractivity (Wildman–Crippen MR) is 59.3 cm³/mol. The molecule has 0 spiro atoms. The molecule has 0 aliphatic heterocycles. The molecule has 0 saturated carbocycles. The van der Waals surface area contributed by atoms with Gasteiger partial charge in [0.2, 0.25) is 0 Å². The third-order valence-corrected chi connectivity index (χ3v) is 1.61. The lowest BCUT2D eigenvalue weighted by atomic mass is 10.2. The highest BCUT2D eigenvalue weighted by atomic mass is 16.5. The molecular formula is C11H18O6. The summed E-state index contributed by atoms with van der Waals surface area (Å²) >= 11 is 0. The van der Waals surface area contributed by atoms with E-state index in [9.17, 15) is 9.59 Å². The minimum Gasteiger partial charge on any atom is -0.484 e. The third kappa shape index (κ3) is 5.79. The second kappa shape index (κ2) is 7.54.